The first-order valence-corrected chi connectivity index (χ1v) is 14.3. The third-order valence-corrected chi connectivity index (χ3v) is 12.5. The van der Waals surface area contributed by atoms with Gasteiger partial charge in [-0.3, -0.25) is 4.90 Å². The van der Waals surface area contributed by atoms with Crippen LogP contribution in [0.5, 0.6) is 0 Å². The van der Waals surface area contributed by atoms with Crippen molar-refractivity contribution in [2.24, 2.45) is 0 Å². The molecule has 35 heavy (non-hydrogen) atoms. The van der Waals surface area contributed by atoms with E-state index in [0.717, 1.165) is 18.4 Å². The zero-order chi connectivity index (χ0) is 25.1. The van der Waals surface area contributed by atoms with E-state index in [4.69, 9.17) is 9.16 Å². The molecule has 1 aliphatic heterocycles. The topological polar surface area (TPSA) is 38.8 Å². The van der Waals surface area contributed by atoms with Crippen LogP contribution in [0, 0.1) is 0 Å². The predicted molar refractivity (Wildman–Crippen MR) is 145 cm³/mol. The number of carbonyl (C=O) groups is 1. The van der Waals surface area contributed by atoms with Gasteiger partial charge in [-0.2, -0.15) is 0 Å². The summed E-state index contributed by atoms with van der Waals surface area (Å²) in [6, 6.07) is 29.8. The number of benzene rings is 3. The molecule has 4 nitrogen and oxygen atoms in total. The Morgan fingerprint density at radius 3 is 1.97 bits per heavy atom. The van der Waals surface area contributed by atoms with E-state index in [2.05, 4.69) is 99.4 Å². The summed E-state index contributed by atoms with van der Waals surface area (Å²) in [4.78, 5) is 14.8. The Balaban J connectivity index is 1.64. The summed E-state index contributed by atoms with van der Waals surface area (Å²) in [6.07, 6.45) is 2.01. The number of nitrogens with zero attached hydrogens (tertiary/aromatic N) is 1. The molecule has 5 heteroatoms. The molecule has 1 fully saturated rings. The lowest BCUT2D eigenvalue weighted by Crippen LogP contribution is -2.67. The number of likely N-dealkylation sites (tertiary alicyclic amines) is 1. The normalized spacial score (nSPS) is 19.0. The molecule has 0 radical (unpaired) electrons. The standard InChI is InChI=1S/C30H37NO3Si/c1-30(2,3)35(24-14-8-6-9-15-24,25-16-10-7-11-17-25)34-22-23-20-21-28(31(23)4)26-18-12-13-19-27(26)29(32)33-5/h6-19,23,28H,20-22H2,1-5H3/t23-,28-/m0/s1. The van der Waals surface area contributed by atoms with Crippen molar-refractivity contribution in [2.45, 2.75) is 50.7 Å². The first kappa shape index (κ1) is 25.4. The molecule has 0 spiro atoms. The fourth-order valence-electron chi connectivity index (χ4n) is 5.65. The zero-order valence-electron chi connectivity index (χ0n) is 21.5. The van der Waals surface area contributed by atoms with E-state index < -0.39 is 8.32 Å². The second-order valence-corrected chi connectivity index (χ2v) is 14.8. The molecule has 2 atom stereocenters. The Labute approximate surface area is 211 Å². The van der Waals surface area contributed by atoms with E-state index in [1.54, 1.807) is 0 Å². The van der Waals surface area contributed by atoms with Crippen LogP contribution in [-0.4, -0.2) is 46.0 Å². The van der Waals surface area contributed by atoms with Crippen molar-refractivity contribution in [3.63, 3.8) is 0 Å². The molecule has 3 aromatic rings. The molecule has 0 bridgehead atoms. The second-order valence-electron chi connectivity index (χ2n) is 10.5. The van der Waals surface area contributed by atoms with Crippen LogP contribution in [0.25, 0.3) is 0 Å². The number of carbonyl (C=O) groups excluding carboxylic acids is 1. The van der Waals surface area contributed by atoms with Crippen molar-refractivity contribution in [2.75, 3.05) is 20.8 Å². The molecule has 1 heterocycles. The Morgan fingerprint density at radius 2 is 1.43 bits per heavy atom. The van der Waals surface area contributed by atoms with Gasteiger partial charge >= 0.3 is 5.97 Å². The van der Waals surface area contributed by atoms with E-state index in [0.29, 0.717) is 12.2 Å². The number of ether oxygens (including phenoxy) is 1. The SMILES string of the molecule is COC(=O)c1ccccc1[C@@H]1CC[C@@H](CO[Si](c2ccccc2)(c2ccccc2)C(C)(C)C)N1C. The van der Waals surface area contributed by atoms with Gasteiger partial charge in [-0.1, -0.05) is 99.6 Å². The Kier molecular flexibility index (Phi) is 7.60. The van der Waals surface area contributed by atoms with Crippen LogP contribution >= 0.6 is 0 Å². The molecular weight excluding hydrogens is 450 g/mol. The minimum atomic E-state index is -2.58. The molecule has 184 valence electrons. The second kappa shape index (κ2) is 10.5. The fraction of sp³-hybridized carbons (Fsp3) is 0.367. The van der Waals surface area contributed by atoms with Gasteiger partial charge < -0.3 is 9.16 Å². The first-order valence-electron chi connectivity index (χ1n) is 12.4. The van der Waals surface area contributed by atoms with E-state index in [1.807, 2.05) is 18.2 Å². The van der Waals surface area contributed by atoms with Crippen molar-refractivity contribution >= 4 is 24.7 Å². The van der Waals surface area contributed by atoms with E-state index in [1.165, 1.54) is 17.5 Å². The highest BCUT2D eigenvalue weighted by Gasteiger charge is 2.50. The predicted octanol–water partition coefficient (Wildman–Crippen LogP) is 5.19. The summed E-state index contributed by atoms with van der Waals surface area (Å²) in [5.41, 5.74) is 1.69. The summed E-state index contributed by atoms with van der Waals surface area (Å²) >= 11 is 0. The molecule has 1 saturated heterocycles. The van der Waals surface area contributed by atoms with Gasteiger partial charge in [-0.15, -0.1) is 0 Å². The van der Waals surface area contributed by atoms with E-state index >= 15 is 0 Å². The molecule has 4 rings (SSSR count). The number of hydrogen-bond acceptors (Lipinski definition) is 4. The molecular formula is C30H37NO3Si. The van der Waals surface area contributed by atoms with E-state index in [9.17, 15) is 4.79 Å². The molecule has 0 amide bonds. The lowest BCUT2D eigenvalue weighted by Gasteiger charge is -2.44. The summed E-state index contributed by atoms with van der Waals surface area (Å²) < 4.78 is 12.3. The van der Waals surface area contributed by atoms with Gasteiger partial charge in [0, 0.05) is 12.1 Å². The van der Waals surface area contributed by atoms with Gasteiger partial charge in [0.2, 0.25) is 0 Å². The van der Waals surface area contributed by atoms with Gasteiger partial charge in [-0.05, 0) is 46.9 Å². The monoisotopic (exact) mass is 487 g/mol. The first-order chi connectivity index (χ1) is 16.8. The largest absolute Gasteiger partial charge is 0.465 e. The summed E-state index contributed by atoms with van der Waals surface area (Å²) in [5.74, 6) is -0.277. The lowest BCUT2D eigenvalue weighted by molar-refractivity contribution is 0.0596. The highest BCUT2D eigenvalue weighted by molar-refractivity contribution is 6.99. The van der Waals surface area contributed by atoms with Gasteiger partial charge in [0.05, 0.1) is 19.3 Å². The maximum Gasteiger partial charge on any atom is 0.338 e. The molecule has 0 aliphatic carbocycles. The average Bonchev–Trinajstić information content (AvgIpc) is 3.24. The van der Waals surface area contributed by atoms with Crippen molar-refractivity contribution in [1.82, 2.24) is 4.90 Å². The molecule has 0 aromatic heterocycles. The van der Waals surface area contributed by atoms with Crippen molar-refractivity contribution in [1.29, 1.82) is 0 Å². The highest BCUT2D eigenvalue weighted by atomic mass is 28.4. The molecule has 0 unspecified atom stereocenters. The summed E-state index contributed by atoms with van der Waals surface area (Å²) in [5, 5.41) is 2.54. The zero-order valence-corrected chi connectivity index (χ0v) is 22.5. The molecule has 3 aromatic carbocycles. The summed E-state index contributed by atoms with van der Waals surface area (Å²) in [6.45, 7) is 7.59. The molecule has 1 aliphatic rings. The van der Waals surface area contributed by atoms with E-state index in [-0.39, 0.29) is 23.1 Å². The van der Waals surface area contributed by atoms with Crippen LogP contribution in [0.1, 0.15) is 55.6 Å². The minimum Gasteiger partial charge on any atom is -0.465 e. The van der Waals surface area contributed by atoms with Crippen LogP contribution in [-0.2, 0) is 9.16 Å². The van der Waals surface area contributed by atoms with Crippen LogP contribution in [0.2, 0.25) is 5.04 Å². The molecule has 0 N–H and O–H groups in total. The van der Waals surface area contributed by atoms with Crippen LogP contribution in [0.3, 0.4) is 0 Å². The van der Waals surface area contributed by atoms with Gasteiger partial charge in [-0.25, -0.2) is 4.79 Å². The van der Waals surface area contributed by atoms with Crippen LogP contribution in [0.15, 0.2) is 84.9 Å². The minimum absolute atomic E-state index is 0.0518. The maximum atomic E-state index is 12.4. The Morgan fingerprint density at radius 1 is 0.886 bits per heavy atom. The third-order valence-electron chi connectivity index (χ3n) is 7.48. The quantitative estimate of drug-likeness (QED) is 0.340. The number of rotatable bonds is 7. The number of likely N-dealkylation sites (N-methyl/N-ethyl adjacent to an activating group) is 1. The Hall–Kier alpha value is -2.73. The lowest BCUT2D eigenvalue weighted by atomic mass is 9.98. The van der Waals surface area contributed by atoms with Gasteiger partial charge in [0.15, 0.2) is 0 Å². The average molecular weight is 488 g/mol. The fourth-order valence-corrected chi connectivity index (χ4v) is 10.3. The number of methoxy groups -OCH3 is 1. The van der Waals surface area contributed by atoms with Gasteiger partial charge in [0.1, 0.15) is 0 Å². The molecule has 0 saturated carbocycles. The van der Waals surface area contributed by atoms with Crippen molar-refractivity contribution < 1.29 is 14.0 Å². The smallest absolute Gasteiger partial charge is 0.338 e. The number of hydrogen-bond donors (Lipinski definition) is 0. The van der Waals surface area contributed by atoms with Gasteiger partial charge in [0.25, 0.3) is 8.32 Å². The highest BCUT2D eigenvalue weighted by Crippen LogP contribution is 2.40. The van der Waals surface area contributed by atoms with Crippen LogP contribution < -0.4 is 10.4 Å². The van der Waals surface area contributed by atoms with Crippen molar-refractivity contribution in [3.8, 4) is 0 Å². The van der Waals surface area contributed by atoms with Crippen LogP contribution in [0.4, 0.5) is 0 Å². The number of esters is 1. The Bertz CT molecular complexity index is 1090. The summed E-state index contributed by atoms with van der Waals surface area (Å²) in [7, 11) is 1.02. The maximum absolute atomic E-state index is 12.4. The van der Waals surface area contributed by atoms with Crippen molar-refractivity contribution in [3.05, 3.63) is 96.1 Å². The third kappa shape index (κ3) is 4.86.